The molecule has 0 aromatic heterocycles. The molecule has 3 unspecified atom stereocenters. The SMILES string of the molecule is C=CC(=C(C1=CC=NCC1)N1CCSC1=C)C1CC2CC2(F)C=C1C. The van der Waals surface area contributed by atoms with Gasteiger partial charge in [-0.1, -0.05) is 24.8 Å². The summed E-state index contributed by atoms with van der Waals surface area (Å²) in [5.74, 6) is 1.49. The molecule has 4 heteroatoms. The summed E-state index contributed by atoms with van der Waals surface area (Å²) in [6.07, 6.45) is 10.4. The molecule has 1 saturated heterocycles. The van der Waals surface area contributed by atoms with E-state index < -0.39 is 5.67 Å². The van der Waals surface area contributed by atoms with Gasteiger partial charge in [-0.2, -0.15) is 0 Å². The van der Waals surface area contributed by atoms with Gasteiger partial charge >= 0.3 is 0 Å². The van der Waals surface area contributed by atoms with Crippen LogP contribution in [0, 0.1) is 11.8 Å². The zero-order chi connectivity index (χ0) is 17.6. The van der Waals surface area contributed by atoms with Crippen LogP contribution in [0.5, 0.6) is 0 Å². The van der Waals surface area contributed by atoms with Gasteiger partial charge in [-0.3, -0.25) is 4.99 Å². The molecule has 4 aliphatic rings. The Labute approximate surface area is 154 Å². The highest BCUT2D eigenvalue weighted by atomic mass is 32.2. The van der Waals surface area contributed by atoms with Gasteiger partial charge in [0.05, 0.1) is 5.03 Å². The second-order valence-electron chi connectivity index (χ2n) is 7.40. The average molecular weight is 357 g/mol. The van der Waals surface area contributed by atoms with E-state index in [1.165, 1.54) is 16.8 Å². The number of rotatable bonds is 4. The molecule has 2 nitrogen and oxygen atoms in total. The summed E-state index contributed by atoms with van der Waals surface area (Å²) < 4.78 is 14.5. The lowest BCUT2D eigenvalue weighted by Crippen LogP contribution is -2.25. The number of thioether (sulfide) groups is 1. The summed E-state index contributed by atoms with van der Waals surface area (Å²) in [6, 6.07) is 0. The van der Waals surface area contributed by atoms with Crippen LogP contribution in [0.1, 0.15) is 26.2 Å². The minimum absolute atomic E-state index is 0.176. The number of nitrogens with zero attached hydrogens (tertiary/aromatic N) is 2. The standard InChI is InChI=1S/C21H25FN2S/c1-4-18(19-11-17-13-21(17,22)12-14(19)2)20(16-5-7-23-8-6-16)24-9-10-25-15(24)3/h4-5,7,12,17,19H,1,3,6,8-11,13H2,2H3. The molecule has 2 aliphatic carbocycles. The Morgan fingerprint density at radius 2 is 2.36 bits per heavy atom. The molecular weight excluding hydrogens is 331 g/mol. The van der Waals surface area contributed by atoms with Gasteiger partial charge in [0.25, 0.3) is 0 Å². The van der Waals surface area contributed by atoms with Crippen molar-refractivity contribution < 1.29 is 4.39 Å². The second-order valence-corrected chi connectivity index (χ2v) is 8.57. The highest BCUT2D eigenvalue weighted by Crippen LogP contribution is 2.58. The minimum Gasteiger partial charge on any atom is -0.335 e. The number of dihydropyridines is 1. The molecule has 0 radical (unpaired) electrons. The number of halogens is 1. The molecule has 3 atom stereocenters. The number of alkyl halides is 1. The number of fused-ring (bicyclic) bond motifs is 1. The third-order valence-electron chi connectivity index (χ3n) is 5.83. The van der Waals surface area contributed by atoms with Crippen molar-refractivity contribution in [2.24, 2.45) is 16.8 Å². The van der Waals surface area contributed by atoms with Crippen LogP contribution in [-0.2, 0) is 0 Å². The van der Waals surface area contributed by atoms with Crippen LogP contribution in [0.2, 0.25) is 0 Å². The van der Waals surface area contributed by atoms with Crippen LogP contribution in [0.4, 0.5) is 4.39 Å². The van der Waals surface area contributed by atoms with Gasteiger partial charge < -0.3 is 4.90 Å². The van der Waals surface area contributed by atoms with Crippen LogP contribution in [-0.4, -0.2) is 35.6 Å². The molecule has 0 amide bonds. The van der Waals surface area contributed by atoms with Gasteiger partial charge in [0, 0.05) is 42.6 Å². The zero-order valence-electron chi connectivity index (χ0n) is 14.8. The van der Waals surface area contributed by atoms with E-state index in [1.807, 2.05) is 30.1 Å². The Hall–Kier alpha value is -1.55. The number of hydrogen-bond donors (Lipinski definition) is 0. The fraction of sp³-hybridized carbons (Fsp3) is 0.476. The smallest absolute Gasteiger partial charge is 0.132 e. The molecule has 0 aromatic rings. The molecule has 0 spiro atoms. The Balaban J connectivity index is 1.80. The van der Waals surface area contributed by atoms with Crippen molar-refractivity contribution in [1.29, 1.82) is 0 Å². The van der Waals surface area contributed by atoms with E-state index in [9.17, 15) is 4.39 Å². The topological polar surface area (TPSA) is 15.6 Å². The van der Waals surface area contributed by atoms with Crippen molar-refractivity contribution in [3.63, 3.8) is 0 Å². The van der Waals surface area contributed by atoms with Crippen molar-refractivity contribution in [3.8, 4) is 0 Å². The molecule has 2 heterocycles. The van der Waals surface area contributed by atoms with E-state index in [0.717, 1.165) is 42.3 Å². The van der Waals surface area contributed by atoms with Crippen LogP contribution in [0.3, 0.4) is 0 Å². The molecule has 2 aliphatic heterocycles. The predicted octanol–water partition coefficient (Wildman–Crippen LogP) is 5.04. The monoisotopic (exact) mass is 356 g/mol. The van der Waals surface area contributed by atoms with Gasteiger partial charge in [-0.25, -0.2) is 4.39 Å². The highest BCUT2D eigenvalue weighted by molar-refractivity contribution is 8.03. The Morgan fingerprint density at radius 3 is 3.00 bits per heavy atom. The van der Waals surface area contributed by atoms with Crippen LogP contribution in [0.15, 0.2) is 63.8 Å². The first-order valence-corrected chi connectivity index (χ1v) is 10.1. The summed E-state index contributed by atoms with van der Waals surface area (Å²) in [7, 11) is 0. The molecule has 2 fully saturated rings. The molecule has 132 valence electrons. The molecule has 0 N–H and O–H groups in total. The number of hydrogen-bond acceptors (Lipinski definition) is 3. The molecule has 4 rings (SSSR count). The van der Waals surface area contributed by atoms with Crippen LogP contribution >= 0.6 is 11.8 Å². The number of allylic oxidation sites excluding steroid dienone is 6. The normalized spacial score (nSPS) is 35.0. The predicted molar refractivity (Wildman–Crippen MR) is 105 cm³/mol. The van der Waals surface area contributed by atoms with Gasteiger partial charge in [0.2, 0.25) is 0 Å². The van der Waals surface area contributed by atoms with E-state index in [-0.39, 0.29) is 11.8 Å². The lowest BCUT2D eigenvalue weighted by atomic mass is 9.80. The average Bonchev–Trinajstić information content (AvgIpc) is 3.08. The quantitative estimate of drug-likeness (QED) is 0.518. The Kier molecular flexibility index (Phi) is 4.27. The van der Waals surface area contributed by atoms with Crippen molar-refractivity contribution in [3.05, 3.63) is 58.8 Å². The Bertz CT molecular complexity index is 745. The molecule has 1 saturated carbocycles. The van der Waals surface area contributed by atoms with Gasteiger partial charge in [-0.05, 0) is 49.5 Å². The van der Waals surface area contributed by atoms with Gasteiger partial charge in [0.15, 0.2) is 0 Å². The molecule has 25 heavy (non-hydrogen) atoms. The van der Waals surface area contributed by atoms with Crippen molar-refractivity contribution >= 4 is 18.0 Å². The maximum Gasteiger partial charge on any atom is 0.132 e. The van der Waals surface area contributed by atoms with E-state index in [4.69, 9.17) is 0 Å². The summed E-state index contributed by atoms with van der Waals surface area (Å²) >= 11 is 1.81. The lowest BCUT2D eigenvalue weighted by molar-refractivity contribution is 0.316. The summed E-state index contributed by atoms with van der Waals surface area (Å²) in [5, 5.41) is 1.10. The largest absolute Gasteiger partial charge is 0.335 e. The third-order valence-corrected chi connectivity index (χ3v) is 6.77. The maximum absolute atomic E-state index is 14.5. The summed E-state index contributed by atoms with van der Waals surface area (Å²) in [4.78, 5) is 6.68. The van der Waals surface area contributed by atoms with Crippen LogP contribution in [0.25, 0.3) is 0 Å². The van der Waals surface area contributed by atoms with Crippen molar-refractivity contribution in [2.45, 2.75) is 31.9 Å². The van der Waals surface area contributed by atoms with Gasteiger partial charge in [-0.15, -0.1) is 11.8 Å². The molecule has 0 aromatic carbocycles. The number of aliphatic imine (C=N–C) groups is 1. The highest BCUT2D eigenvalue weighted by Gasteiger charge is 2.57. The molecular formula is C21H25FN2S. The van der Waals surface area contributed by atoms with E-state index in [2.05, 4.69) is 36.0 Å². The Morgan fingerprint density at radius 1 is 1.52 bits per heavy atom. The third kappa shape index (κ3) is 2.95. The lowest BCUT2D eigenvalue weighted by Gasteiger charge is -2.32. The van der Waals surface area contributed by atoms with E-state index in [1.54, 1.807) is 0 Å². The van der Waals surface area contributed by atoms with Crippen molar-refractivity contribution in [2.75, 3.05) is 18.8 Å². The fourth-order valence-electron chi connectivity index (χ4n) is 4.39. The summed E-state index contributed by atoms with van der Waals surface area (Å²) in [6.45, 7) is 12.3. The van der Waals surface area contributed by atoms with Gasteiger partial charge in [0.1, 0.15) is 5.67 Å². The second kappa shape index (κ2) is 6.31. The van der Waals surface area contributed by atoms with E-state index >= 15 is 0 Å². The first kappa shape index (κ1) is 16.9. The van der Waals surface area contributed by atoms with E-state index in [0.29, 0.717) is 6.42 Å². The first-order valence-electron chi connectivity index (χ1n) is 9.07. The first-order chi connectivity index (χ1) is 12.0. The summed E-state index contributed by atoms with van der Waals surface area (Å²) in [5.41, 5.74) is 3.88. The minimum atomic E-state index is -1.03. The van der Waals surface area contributed by atoms with Crippen molar-refractivity contribution in [1.82, 2.24) is 4.90 Å². The molecule has 0 bridgehead atoms. The van der Waals surface area contributed by atoms with Crippen LogP contribution < -0.4 is 0 Å². The maximum atomic E-state index is 14.5. The zero-order valence-corrected chi connectivity index (χ0v) is 15.6. The fourth-order valence-corrected chi connectivity index (χ4v) is 5.24.